The molecule has 0 nitrogen and oxygen atoms in total. The molecule has 0 N–H and O–H groups in total. The Labute approximate surface area is 131 Å². The summed E-state index contributed by atoms with van der Waals surface area (Å²) < 4.78 is 13.5. The summed E-state index contributed by atoms with van der Waals surface area (Å²) in [6, 6.07) is 17.7. The first-order valence-electron chi connectivity index (χ1n) is 7.17. The summed E-state index contributed by atoms with van der Waals surface area (Å²) in [7, 11) is 0. The lowest BCUT2D eigenvalue weighted by atomic mass is 9.95. The first-order chi connectivity index (χ1) is 10.2. The number of benzene rings is 3. The van der Waals surface area contributed by atoms with Gasteiger partial charge in [0.15, 0.2) is 0 Å². The molecule has 2 heteroatoms. The highest BCUT2D eigenvalue weighted by atomic mass is 79.9. The Hall–Kier alpha value is -1.67. The van der Waals surface area contributed by atoms with Crippen LogP contribution in [0.3, 0.4) is 0 Å². The van der Waals surface area contributed by atoms with Gasteiger partial charge in [-0.25, -0.2) is 4.39 Å². The van der Waals surface area contributed by atoms with Gasteiger partial charge in [0.25, 0.3) is 0 Å². The molecule has 4 rings (SSSR count). The molecule has 0 saturated carbocycles. The minimum absolute atomic E-state index is 0.0121. The van der Waals surface area contributed by atoms with E-state index in [4.69, 9.17) is 0 Å². The molecule has 0 fully saturated rings. The van der Waals surface area contributed by atoms with Crippen LogP contribution in [0.4, 0.5) is 4.39 Å². The zero-order valence-electron chi connectivity index (χ0n) is 11.4. The van der Waals surface area contributed by atoms with Crippen LogP contribution in [0.2, 0.25) is 0 Å². The van der Waals surface area contributed by atoms with E-state index in [1.807, 2.05) is 6.07 Å². The van der Waals surface area contributed by atoms with E-state index < -0.39 is 0 Å². The van der Waals surface area contributed by atoms with Crippen molar-refractivity contribution in [3.05, 3.63) is 82.7 Å². The monoisotopic (exact) mass is 340 g/mol. The van der Waals surface area contributed by atoms with Crippen LogP contribution in [0.15, 0.2) is 54.6 Å². The molecule has 0 aromatic heterocycles. The van der Waals surface area contributed by atoms with Gasteiger partial charge < -0.3 is 0 Å². The van der Waals surface area contributed by atoms with Gasteiger partial charge in [-0.05, 0) is 58.0 Å². The van der Waals surface area contributed by atoms with Crippen LogP contribution in [0.25, 0.3) is 10.8 Å². The Kier molecular flexibility index (Phi) is 3.07. The molecule has 21 heavy (non-hydrogen) atoms. The van der Waals surface area contributed by atoms with Gasteiger partial charge in [0.05, 0.1) is 4.83 Å². The van der Waals surface area contributed by atoms with Crippen molar-refractivity contribution in [1.82, 2.24) is 0 Å². The summed E-state index contributed by atoms with van der Waals surface area (Å²) in [5.74, 6) is -0.192. The van der Waals surface area contributed by atoms with Gasteiger partial charge in [0, 0.05) is 0 Å². The Morgan fingerprint density at radius 3 is 2.48 bits per heavy atom. The normalized spacial score (nSPS) is 14.6. The fourth-order valence-electron chi connectivity index (χ4n) is 3.33. The number of aryl methyl sites for hydroxylation is 2. The van der Waals surface area contributed by atoms with E-state index in [1.165, 1.54) is 33.5 Å². The van der Waals surface area contributed by atoms with Crippen LogP contribution in [-0.4, -0.2) is 0 Å². The highest BCUT2D eigenvalue weighted by Crippen LogP contribution is 2.39. The molecule has 0 aliphatic heterocycles. The average Bonchev–Trinajstić information content (AvgIpc) is 2.92. The van der Waals surface area contributed by atoms with E-state index in [9.17, 15) is 4.39 Å². The minimum atomic E-state index is -0.192. The Morgan fingerprint density at radius 1 is 0.905 bits per heavy atom. The predicted octanol–water partition coefficient (Wildman–Crippen LogP) is 5.56. The van der Waals surface area contributed by atoms with Crippen LogP contribution >= 0.6 is 15.9 Å². The third kappa shape index (κ3) is 2.09. The van der Waals surface area contributed by atoms with E-state index in [2.05, 4.69) is 46.3 Å². The lowest BCUT2D eigenvalue weighted by Gasteiger charge is -2.15. The van der Waals surface area contributed by atoms with Crippen molar-refractivity contribution in [2.45, 2.75) is 17.7 Å². The molecule has 1 aliphatic carbocycles. The van der Waals surface area contributed by atoms with Gasteiger partial charge in [-0.1, -0.05) is 58.4 Å². The minimum Gasteiger partial charge on any atom is -0.207 e. The van der Waals surface area contributed by atoms with Gasteiger partial charge in [-0.2, -0.15) is 0 Å². The maximum atomic E-state index is 13.5. The molecule has 1 aliphatic rings. The molecule has 0 amide bonds. The van der Waals surface area contributed by atoms with Crippen LogP contribution in [0.1, 0.15) is 27.1 Å². The quantitative estimate of drug-likeness (QED) is 0.535. The van der Waals surface area contributed by atoms with Crippen molar-refractivity contribution in [3.63, 3.8) is 0 Å². The van der Waals surface area contributed by atoms with Crippen molar-refractivity contribution >= 4 is 26.7 Å². The number of halogens is 2. The third-order valence-electron chi connectivity index (χ3n) is 4.33. The summed E-state index contributed by atoms with van der Waals surface area (Å²) in [5.41, 5.74) is 5.03. The summed E-state index contributed by atoms with van der Waals surface area (Å²) in [6.07, 6.45) is 2.26. The molecule has 3 aromatic carbocycles. The van der Waals surface area contributed by atoms with E-state index >= 15 is 0 Å². The van der Waals surface area contributed by atoms with Gasteiger partial charge in [0.1, 0.15) is 5.82 Å². The molecule has 0 bridgehead atoms. The van der Waals surface area contributed by atoms with Crippen LogP contribution in [0.5, 0.6) is 0 Å². The van der Waals surface area contributed by atoms with Crippen molar-refractivity contribution in [2.24, 2.45) is 0 Å². The Morgan fingerprint density at radius 2 is 1.67 bits per heavy atom. The topological polar surface area (TPSA) is 0 Å². The smallest absolute Gasteiger partial charge is 0.123 e. The Bertz CT molecular complexity index is 828. The van der Waals surface area contributed by atoms with Crippen molar-refractivity contribution in [1.29, 1.82) is 0 Å². The summed E-state index contributed by atoms with van der Waals surface area (Å²) >= 11 is 3.75. The second kappa shape index (κ2) is 4.96. The molecule has 1 atom stereocenters. The zero-order valence-corrected chi connectivity index (χ0v) is 13.0. The van der Waals surface area contributed by atoms with E-state index in [-0.39, 0.29) is 10.6 Å². The number of rotatable bonds is 2. The highest BCUT2D eigenvalue weighted by molar-refractivity contribution is 9.09. The van der Waals surface area contributed by atoms with Gasteiger partial charge in [-0.15, -0.1) is 0 Å². The lowest BCUT2D eigenvalue weighted by Crippen LogP contribution is -1.96. The molecule has 3 aromatic rings. The predicted molar refractivity (Wildman–Crippen MR) is 88.5 cm³/mol. The first-order valence-corrected chi connectivity index (χ1v) is 8.08. The molecule has 0 saturated heterocycles. The average molecular weight is 341 g/mol. The summed E-state index contributed by atoms with van der Waals surface area (Å²) in [6.45, 7) is 0. The van der Waals surface area contributed by atoms with E-state index in [1.54, 1.807) is 12.1 Å². The van der Waals surface area contributed by atoms with Gasteiger partial charge in [0.2, 0.25) is 0 Å². The molecule has 104 valence electrons. The van der Waals surface area contributed by atoms with Gasteiger partial charge in [-0.3, -0.25) is 0 Å². The second-order valence-corrected chi connectivity index (χ2v) is 6.49. The standard InChI is InChI=1S/C19H14BrF/c20-19(14-4-1-5-15(21)11-14)17-10-9-13-8-7-12-3-2-6-16(17)18(12)13/h1-6,9-11,19H,7-8H2. The number of hydrogen-bond donors (Lipinski definition) is 0. The molecule has 0 radical (unpaired) electrons. The van der Waals surface area contributed by atoms with Crippen LogP contribution < -0.4 is 0 Å². The number of alkyl halides is 1. The fourth-order valence-corrected chi connectivity index (χ4v) is 4.02. The molecular weight excluding hydrogens is 327 g/mol. The zero-order chi connectivity index (χ0) is 14.4. The van der Waals surface area contributed by atoms with Crippen LogP contribution in [-0.2, 0) is 12.8 Å². The molecule has 0 heterocycles. The van der Waals surface area contributed by atoms with Crippen molar-refractivity contribution < 1.29 is 4.39 Å². The maximum Gasteiger partial charge on any atom is 0.123 e. The lowest BCUT2D eigenvalue weighted by molar-refractivity contribution is 0.626. The SMILES string of the molecule is Fc1cccc(C(Br)c2ccc3c4c(cccc24)CC3)c1. The second-order valence-electron chi connectivity index (χ2n) is 5.57. The first kappa shape index (κ1) is 13.0. The third-order valence-corrected chi connectivity index (χ3v) is 5.35. The summed E-state index contributed by atoms with van der Waals surface area (Å²) in [4.78, 5) is 0.0121. The number of hydrogen-bond acceptors (Lipinski definition) is 0. The Balaban J connectivity index is 1.92. The molecule has 1 unspecified atom stereocenters. The summed E-state index contributed by atoms with van der Waals surface area (Å²) in [5, 5.41) is 2.68. The fraction of sp³-hybridized carbons (Fsp3) is 0.158. The van der Waals surface area contributed by atoms with Crippen molar-refractivity contribution in [3.8, 4) is 0 Å². The van der Waals surface area contributed by atoms with Gasteiger partial charge >= 0.3 is 0 Å². The highest BCUT2D eigenvalue weighted by Gasteiger charge is 2.19. The largest absolute Gasteiger partial charge is 0.207 e. The van der Waals surface area contributed by atoms with Crippen LogP contribution in [0, 0.1) is 5.82 Å². The maximum absolute atomic E-state index is 13.5. The van der Waals surface area contributed by atoms with Crippen molar-refractivity contribution in [2.75, 3.05) is 0 Å². The van der Waals surface area contributed by atoms with E-state index in [0.717, 1.165) is 18.4 Å². The molecule has 0 spiro atoms. The van der Waals surface area contributed by atoms with E-state index in [0.29, 0.717) is 0 Å². The molecular formula is C19H14BrF.